The number of benzene rings is 1. The Kier molecular flexibility index (Phi) is 6.87. The molecule has 1 aliphatic heterocycles. The molecule has 0 unspecified atom stereocenters. The van der Waals surface area contributed by atoms with Crippen LogP contribution in [0.5, 0.6) is 5.75 Å². The molecule has 0 aromatic heterocycles. The van der Waals surface area contributed by atoms with Gasteiger partial charge in [-0.25, -0.2) is 0 Å². The van der Waals surface area contributed by atoms with E-state index in [0.717, 1.165) is 37.6 Å². The van der Waals surface area contributed by atoms with Crippen LogP contribution >= 0.6 is 0 Å². The van der Waals surface area contributed by atoms with Gasteiger partial charge >= 0.3 is 0 Å². The highest BCUT2D eigenvalue weighted by molar-refractivity contribution is 5.85. The summed E-state index contributed by atoms with van der Waals surface area (Å²) < 4.78 is 5.69. The molecule has 0 bridgehead atoms. The molecule has 1 aliphatic rings. The van der Waals surface area contributed by atoms with Crippen LogP contribution in [0, 0.1) is 0 Å². The molecule has 0 atom stereocenters. The first-order valence-electron chi connectivity index (χ1n) is 8.30. The van der Waals surface area contributed by atoms with Crippen molar-refractivity contribution >= 4 is 17.5 Å². The van der Waals surface area contributed by atoms with Gasteiger partial charge in [0.15, 0.2) is 0 Å². The van der Waals surface area contributed by atoms with E-state index in [0.29, 0.717) is 13.2 Å². The molecule has 0 saturated carbocycles. The molecule has 2 N–H and O–H groups in total. The Balaban J connectivity index is 1.81. The van der Waals surface area contributed by atoms with Crippen LogP contribution in [0.4, 0.5) is 5.69 Å². The second kappa shape index (κ2) is 9.12. The van der Waals surface area contributed by atoms with Crippen LogP contribution in [0.25, 0.3) is 0 Å². The number of piperazine rings is 1. The predicted octanol–water partition coefficient (Wildman–Crippen LogP) is 0.0695. The van der Waals surface area contributed by atoms with Gasteiger partial charge in [-0.15, -0.1) is 0 Å². The molecule has 24 heavy (non-hydrogen) atoms. The van der Waals surface area contributed by atoms with Crippen molar-refractivity contribution < 1.29 is 14.3 Å². The molecular weight excluding hydrogens is 308 g/mol. The van der Waals surface area contributed by atoms with E-state index in [1.807, 2.05) is 25.1 Å². The molecule has 1 fully saturated rings. The third-order valence-corrected chi connectivity index (χ3v) is 3.97. The van der Waals surface area contributed by atoms with Crippen molar-refractivity contribution in [3.05, 3.63) is 24.3 Å². The largest absolute Gasteiger partial charge is 0.492 e. The maximum Gasteiger partial charge on any atom is 0.239 e. The van der Waals surface area contributed by atoms with Gasteiger partial charge in [-0.1, -0.05) is 12.1 Å². The van der Waals surface area contributed by atoms with E-state index in [1.54, 1.807) is 7.05 Å². The van der Waals surface area contributed by atoms with Crippen LogP contribution in [-0.4, -0.2) is 69.6 Å². The number of carbonyl (C=O) groups is 2. The van der Waals surface area contributed by atoms with Gasteiger partial charge in [-0.05, 0) is 19.1 Å². The van der Waals surface area contributed by atoms with Crippen molar-refractivity contribution in [3.8, 4) is 5.75 Å². The van der Waals surface area contributed by atoms with Crippen molar-refractivity contribution in [3.63, 3.8) is 0 Å². The molecule has 1 saturated heterocycles. The summed E-state index contributed by atoms with van der Waals surface area (Å²) in [6, 6.07) is 8.03. The zero-order valence-electron chi connectivity index (χ0n) is 14.4. The Hall–Kier alpha value is -2.28. The summed E-state index contributed by atoms with van der Waals surface area (Å²) >= 11 is 0. The molecule has 132 valence electrons. The lowest BCUT2D eigenvalue weighted by molar-refractivity contribution is -0.126. The summed E-state index contributed by atoms with van der Waals surface area (Å²) in [5.74, 6) is 0.583. The fraction of sp³-hybridized carbons (Fsp3) is 0.529. The number of amides is 2. The molecule has 2 amide bonds. The van der Waals surface area contributed by atoms with Gasteiger partial charge in [0.2, 0.25) is 11.8 Å². The number of nitrogens with one attached hydrogen (secondary N) is 2. The lowest BCUT2D eigenvalue weighted by Gasteiger charge is -2.36. The zero-order chi connectivity index (χ0) is 17.4. The number of hydrogen-bond acceptors (Lipinski definition) is 5. The van der Waals surface area contributed by atoms with Crippen molar-refractivity contribution in [2.24, 2.45) is 0 Å². The zero-order valence-corrected chi connectivity index (χ0v) is 14.4. The highest BCUT2D eigenvalue weighted by Crippen LogP contribution is 2.28. The summed E-state index contributed by atoms with van der Waals surface area (Å²) in [4.78, 5) is 27.4. The Morgan fingerprint density at radius 3 is 2.50 bits per heavy atom. The number of carbonyl (C=O) groups excluding carboxylic acids is 2. The van der Waals surface area contributed by atoms with Crippen LogP contribution in [0.15, 0.2) is 24.3 Å². The fourth-order valence-electron chi connectivity index (χ4n) is 2.67. The Bertz CT molecular complexity index is 557. The third kappa shape index (κ3) is 5.13. The smallest absolute Gasteiger partial charge is 0.239 e. The maximum atomic E-state index is 11.9. The van der Waals surface area contributed by atoms with E-state index in [-0.39, 0.29) is 18.4 Å². The van der Waals surface area contributed by atoms with Gasteiger partial charge in [-0.3, -0.25) is 14.5 Å². The first-order valence-corrected chi connectivity index (χ1v) is 8.30. The minimum atomic E-state index is -0.194. The molecule has 7 nitrogen and oxygen atoms in total. The van der Waals surface area contributed by atoms with Crippen LogP contribution in [0.1, 0.15) is 6.92 Å². The van der Waals surface area contributed by atoms with Gasteiger partial charge in [0, 0.05) is 33.2 Å². The van der Waals surface area contributed by atoms with Crippen LogP contribution < -0.4 is 20.3 Å². The summed E-state index contributed by atoms with van der Waals surface area (Å²) in [6.45, 7) is 6.24. The predicted molar refractivity (Wildman–Crippen MR) is 93.3 cm³/mol. The first-order chi connectivity index (χ1) is 11.6. The molecule has 7 heteroatoms. The molecule has 1 heterocycles. The number of nitrogens with zero attached hydrogens (tertiary/aromatic N) is 2. The average molecular weight is 334 g/mol. The summed E-state index contributed by atoms with van der Waals surface area (Å²) in [6.07, 6.45) is 0. The Morgan fingerprint density at radius 1 is 1.12 bits per heavy atom. The monoisotopic (exact) mass is 334 g/mol. The van der Waals surface area contributed by atoms with Crippen molar-refractivity contribution in [2.75, 3.05) is 57.8 Å². The standard InChI is InChI=1S/C17H26N4O3/c1-3-24-15-7-5-4-6-14(15)21-10-8-20(9-11-21)13-17(23)19-12-16(22)18-2/h4-7H,3,8-13H2,1-2H3,(H,18,22)(H,19,23). The van der Waals surface area contributed by atoms with Crippen molar-refractivity contribution in [1.82, 2.24) is 15.5 Å². The average Bonchev–Trinajstić information content (AvgIpc) is 2.61. The highest BCUT2D eigenvalue weighted by Gasteiger charge is 2.21. The van der Waals surface area contributed by atoms with Gasteiger partial charge in [0.25, 0.3) is 0 Å². The van der Waals surface area contributed by atoms with E-state index in [9.17, 15) is 9.59 Å². The molecule has 2 rings (SSSR count). The Morgan fingerprint density at radius 2 is 1.83 bits per heavy atom. The van der Waals surface area contributed by atoms with E-state index in [4.69, 9.17) is 4.74 Å². The van der Waals surface area contributed by atoms with E-state index >= 15 is 0 Å². The SMILES string of the molecule is CCOc1ccccc1N1CCN(CC(=O)NCC(=O)NC)CC1. The molecule has 1 aromatic rings. The number of rotatable bonds is 7. The number of para-hydroxylation sites is 2. The normalized spacial score (nSPS) is 15.0. The van der Waals surface area contributed by atoms with Crippen LogP contribution in [-0.2, 0) is 9.59 Å². The fourth-order valence-corrected chi connectivity index (χ4v) is 2.67. The van der Waals surface area contributed by atoms with E-state index in [2.05, 4.69) is 26.5 Å². The minimum Gasteiger partial charge on any atom is -0.492 e. The minimum absolute atomic E-state index is 0.0248. The van der Waals surface area contributed by atoms with Gasteiger partial charge in [-0.2, -0.15) is 0 Å². The highest BCUT2D eigenvalue weighted by atomic mass is 16.5. The molecule has 0 radical (unpaired) electrons. The number of ether oxygens (including phenoxy) is 1. The van der Waals surface area contributed by atoms with Crippen molar-refractivity contribution in [2.45, 2.75) is 6.92 Å². The van der Waals surface area contributed by atoms with Gasteiger partial charge in [0.1, 0.15) is 5.75 Å². The molecular formula is C17H26N4O3. The van der Waals surface area contributed by atoms with Crippen molar-refractivity contribution in [1.29, 1.82) is 0 Å². The molecule has 0 spiro atoms. The second-order valence-electron chi connectivity index (χ2n) is 5.61. The summed E-state index contributed by atoms with van der Waals surface area (Å²) in [5.41, 5.74) is 1.10. The quantitative estimate of drug-likeness (QED) is 0.738. The Labute approximate surface area is 142 Å². The van der Waals surface area contributed by atoms with Gasteiger partial charge < -0.3 is 20.3 Å². The summed E-state index contributed by atoms with van der Waals surface area (Å²) in [7, 11) is 1.55. The number of likely N-dealkylation sites (N-methyl/N-ethyl adjacent to an activating group) is 1. The third-order valence-electron chi connectivity index (χ3n) is 3.97. The topological polar surface area (TPSA) is 73.9 Å². The van der Waals surface area contributed by atoms with Gasteiger partial charge in [0.05, 0.1) is 25.4 Å². The second-order valence-corrected chi connectivity index (χ2v) is 5.61. The lowest BCUT2D eigenvalue weighted by Crippen LogP contribution is -2.50. The van der Waals surface area contributed by atoms with Crippen LogP contribution in [0.3, 0.4) is 0 Å². The lowest BCUT2D eigenvalue weighted by atomic mass is 10.2. The molecule has 1 aromatic carbocycles. The first kappa shape index (κ1) is 18.1. The van der Waals surface area contributed by atoms with E-state index in [1.165, 1.54) is 0 Å². The summed E-state index contributed by atoms with van der Waals surface area (Å²) in [5, 5.41) is 5.10. The maximum absolute atomic E-state index is 11.9. The number of hydrogen-bond donors (Lipinski definition) is 2. The molecule has 0 aliphatic carbocycles. The van der Waals surface area contributed by atoms with E-state index < -0.39 is 0 Å². The number of anilines is 1. The van der Waals surface area contributed by atoms with Crippen LogP contribution in [0.2, 0.25) is 0 Å².